The maximum atomic E-state index is 9.97. The Kier molecular flexibility index (Phi) is 3.88. The Balaban J connectivity index is 2.39. The molecule has 2 aromatic rings. The van der Waals surface area contributed by atoms with Gasteiger partial charge < -0.3 is 10.8 Å². The molecule has 0 fully saturated rings. The molecular formula is C16H19NO. The van der Waals surface area contributed by atoms with Crippen molar-refractivity contribution in [3.8, 4) is 5.75 Å². The Morgan fingerprint density at radius 2 is 1.72 bits per heavy atom. The second kappa shape index (κ2) is 5.58. The van der Waals surface area contributed by atoms with Crippen molar-refractivity contribution in [3.05, 3.63) is 59.2 Å². The van der Waals surface area contributed by atoms with E-state index < -0.39 is 0 Å². The van der Waals surface area contributed by atoms with E-state index in [9.17, 15) is 5.11 Å². The zero-order valence-corrected chi connectivity index (χ0v) is 10.7. The van der Waals surface area contributed by atoms with Gasteiger partial charge in [0.1, 0.15) is 5.75 Å². The minimum atomic E-state index is 0.358. The lowest BCUT2D eigenvalue weighted by molar-refractivity contribution is 0.467. The van der Waals surface area contributed by atoms with Gasteiger partial charge in [-0.05, 0) is 41.7 Å². The van der Waals surface area contributed by atoms with Crippen molar-refractivity contribution in [1.29, 1.82) is 0 Å². The summed E-state index contributed by atoms with van der Waals surface area (Å²) in [5.41, 5.74) is 10.1. The number of hydrogen-bond acceptors (Lipinski definition) is 2. The molecule has 94 valence electrons. The number of benzene rings is 2. The lowest BCUT2D eigenvalue weighted by Crippen LogP contribution is -2.02. The van der Waals surface area contributed by atoms with E-state index in [1.807, 2.05) is 18.2 Å². The molecule has 2 rings (SSSR count). The number of aromatic hydroxyl groups is 1. The molecule has 0 atom stereocenters. The average Bonchev–Trinajstić information content (AvgIpc) is 2.39. The molecule has 0 saturated carbocycles. The number of phenolic OH excluding ortho intramolecular Hbond substituents is 1. The van der Waals surface area contributed by atoms with Crippen molar-refractivity contribution >= 4 is 5.69 Å². The number of anilines is 1. The van der Waals surface area contributed by atoms with Crippen molar-refractivity contribution in [3.63, 3.8) is 0 Å². The van der Waals surface area contributed by atoms with E-state index in [1.165, 1.54) is 5.56 Å². The molecule has 18 heavy (non-hydrogen) atoms. The molecule has 0 spiro atoms. The fraction of sp³-hybridized carbons (Fsp3) is 0.250. The van der Waals surface area contributed by atoms with Gasteiger partial charge in [-0.3, -0.25) is 0 Å². The highest BCUT2D eigenvalue weighted by atomic mass is 16.3. The zero-order valence-electron chi connectivity index (χ0n) is 10.7. The maximum Gasteiger partial charge on any atom is 0.119 e. The molecule has 0 aromatic heterocycles. The highest BCUT2D eigenvalue weighted by Gasteiger charge is 2.11. The molecule has 2 nitrogen and oxygen atoms in total. The number of nitrogen functional groups attached to an aromatic ring is 1. The fourth-order valence-corrected chi connectivity index (χ4v) is 2.24. The van der Waals surface area contributed by atoms with Gasteiger partial charge in [-0.25, -0.2) is 0 Å². The zero-order chi connectivity index (χ0) is 13.0. The van der Waals surface area contributed by atoms with Gasteiger partial charge in [-0.2, -0.15) is 0 Å². The Labute approximate surface area is 108 Å². The number of nitrogens with two attached hydrogens (primary N) is 1. The summed E-state index contributed by atoms with van der Waals surface area (Å²) in [6.07, 6.45) is 2.63. The van der Waals surface area contributed by atoms with E-state index in [-0.39, 0.29) is 0 Å². The molecule has 0 aliphatic rings. The van der Waals surface area contributed by atoms with Gasteiger partial charge >= 0.3 is 0 Å². The van der Waals surface area contributed by atoms with Crippen LogP contribution in [0.4, 0.5) is 5.69 Å². The first kappa shape index (κ1) is 12.5. The van der Waals surface area contributed by atoms with E-state index in [0.717, 1.165) is 36.1 Å². The van der Waals surface area contributed by atoms with Crippen LogP contribution in [0.1, 0.15) is 30.0 Å². The van der Waals surface area contributed by atoms with E-state index in [0.29, 0.717) is 5.75 Å². The second-order valence-electron chi connectivity index (χ2n) is 4.54. The molecule has 0 aliphatic heterocycles. The summed E-state index contributed by atoms with van der Waals surface area (Å²) in [7, 11) is 0. The normalized spacial score (nSPS) is 10.5. The molecular weight excluding hydrogens is 222 g/mol. The van der Waals surface area contributed by atoms with Crippen molar-refractivity contribution in [1.82, 2.24) is 0 Å². The number of phenols is 1. The van der Waals surface area contributed by atoms with Crippen LogP contribution < -0.4 is 5.73 Å². The first-order chi connectivity index (χ1) is 8.72. The van der Waals surface area contributed by atoms with E-state index >= 15 is 0 Å². The molecule has 0 heterocycles. The lowest BCUT2D eigenvalue weighted by Gasteiger charge is -2.14. The predicted molar refractivity (Wildman–Crippen MR) is 75.8 cm³/mol. The summed E-state index contributed by atoms with van der Waals surface area (Å²) in [6, 6.07) is 13.7. The number of rotatable bonds is 4. The van der Waals surface area contributed by atoms with Crippen LogP contribution in [0.15, 0.2) is 42.5 Å². The minimum absolute atomic E-state index is 0.358. The van der Waals surface area contributed by atoms with Crippen LogP contribution >= 0.6 is 0 Å². The predicted octanol–water partition coefficient (Wildman–Crippen LogP) is 3.52. The van der Waals surface area contributed by atoms with Crippen molar-refractivity contribution in [2.45, 2.75) is 26.2 Å². The first-order valence-electron chi connectivity index (χ1n) is 6.35. The quantitative estimate of drug-likeness (QED) is 0.635. The molecule has 0 unspecified atom stereocenters. The molecule has 0 radical (unpaired) electrons. The Hall–Kier alpha value is -1.96. The van der Waals surface area contributed by atoms with Crippen molar-refractivity contribution < 1.29 is 5.11 Å². The van der Waals surface area contributed by atoms with Crippen LogP contribution in [0, 0.1) is 0 Å². The summed E-state index contributed by atoms with van der Waals surface area (Å²) in [5.74, 6) is 0.358. The van der Waals surface area contributed by atoms with Gasteiger partial charge in [0.15, 0.2) is 0 Å². The molecule has 0 aliphatic carbocycles. The smallest absolute Gasteiger partial charge is 0.119 e. The third kappa shape index (κ3) is 2.65. The fourth-order valence-electron chi connectivity index (χ4n) is 2.24. The summed E-state index contributed by atoms with van der Waals surface area (Å²) in [6.45, 7) is 2.11. The van der Waals surface area contributed by atoms with E-state index in [4.69, 9.17) is 5.73 Å². The largest absolute Gasteiger partial charge is 0.508 e. The third-order valence-corrected chi connectivity index (χ3v) is 3.17. The Morgan fingerprint density at radius 3 is 2.39 bits per heavy atom. The Morgan fingerprint density at radius 1 is 1.00 bits per heavy atom. The lowest BCUT2D eigenvalue weighted by atomic mass is 9.95. The van der Waals surface area contributed by atoms with Crippen LogP contribution in [0.5, 0.6) is 5.75 Å². The van der Waals surface area contributed by atoms with Gasteiger partial charge in [0.2, 0.25) is 0 Å². The summed E-state index contributed by atoms with van der Waals surface area (Å²) < 4.78 is 0. The van der Waals surface area contributed by atoms with Crippen molar-refractivity contribution in [2.24, 2.45) is 0 Å². The third-order valence-electron chi connectivity index (χ3n) is 3.17. The van der Waals surface area contributed by atoms with Crippen molar-refractivity contribution in [2.75, 3.05) is 5.73 Å². The van der Waals surface area contributed by atoms with Gasteiger partial charge in [0.25, 0.3) is 0 Å². The highest BCUT2D eigenvalue weighted by Crippen LogP contribution is 2.29. The first-order valence-corrected chi connectivity index (χ1v) is 6.35. The summed E-state index contributed by atoms with van der Waals surface area (Å²) >= 11 is 0. The monoisotopic (exact) mass is 241 g/mol. The van der Waals surface area contributed by atoms with Gasteiger partial charge in [0.05, 0.1) is 0 Å². The number of hydrogen-bond donors (Lipinski definition) is 2. The molecule has 0 amide bonds. The van der Waals surface area contributed by atoms with Crippen LogP contribution in [-0.2, 0) is 12.8 Å². The topological polar surface area (TPSA) is 46.2 Å². The molecule has 2 aromatic carbocycles. The van der Waals surface area contributed by atoms with Crippen LogP contribution in [0.25, 0.3) is 0 Å². The van der Waals surface area contributed by atoms with Crippen LogP contribution in [0.2, 0.25) is 0 Å². The van der Waals surface area contributed by atoms with Crippen LogP contribution in [0.3, 0.4) is 0 Å². The second-order valence-corrected chi connectivity index (χ2v) is 4.54. The van der Waals surface area contributed by atoms with E-state index in [2.05, 4.69) is 19.1 Å². The maximum absolute atomic E-state index is 9.97. The molecule has 3 N–H and O–H groups in total. The molecule has 0 bridgehead atoms. The highest BCUT2D eigenvalue weighted by molar-refractivity contribution is 5.57. The standard InChI is InChI=1S/C16H19NO/c1-2-6-13-14(15(17)9-10-16(13)18)11-12-7-4-3-5-8-12/h3-5,7-10,18H,2,6,11,17H2,1H3. The molecule has 2 heteroatoms. The van der Waals surface area contributed by atoms with Gasteiger partial charge in [0, 0.05) is 5.69 Å². The minimum Gasteiger partial charge on any atom is -0.508 e. The Bertz CT molecular complexity index is 520. The summed E-state index contributed by atoms with van der Waals surface area (Å²) in [4.78, 5) is 0. The van der Waals surface area contributed by atoms with Gasteiger partial charge in [-0.15, -0.1) is 0 Å². The molecule has 0 saturated heterocycles. The average molecular weight is 241 g/mol. The van der Waals surface area contributed by atoms with E-state index in [1.54, 1.807) is 12.1 Å². The SMILES string of the molecule is CCCc1c(O)ccc(N)c1Cc1ccccc1. The van der Waals surface area contributed by atoms with Gasteiger partial charge in [-0.1, -0.05) is 43.7 Å². The summed E-state index contributed by atoms with van der Waals surface area (Å²) in [5, 5.41) is 9.97. The van der Waals surface area contributed by atoms with Crippen LogP contribution in [-0.4, -0.2) is 5.11 Å².